The molecule has 1 aromatic heterocycles. The summed E-state index contributed by atoms with van der Waals surface area (Å²) in [6.07, 6.45) is 0. The molecule has 0 saturated heterocycles. The number of hydrogen-bond donors (Lipinski definition) is 1. The first-order valence-corrected chi connectivity index (χ1v) is 6.72. The van der Waals surface area contributed by atoms with E-state index in [0.717, 1.165) is 11.3 Å². The molecular weight excluding hydrogens is 234 g/mol. The zero-order valence-electron chi connectivity index (χ0n) is 12.0. The summed E-state index contributed by atoms with van der Waals surface area (Å²) in [6, 6.07) is 10.2. The molecule has 100 valence electrons. The van der Waals surface area contributed by atoms with Gasteiger partial charge in [-0.1, -0.05) is 52.0 Å². The molecule has 19 heavy (non-hydrogen) atoms. The molecule has 0 atom stereocenters. The molecule has 0 aliphatic heterocycles. The Hall–Kier alpha value is -1.90. The van der Waals surface area contributed by atoms with Gasteiger partial charge in [-0.15, -0.1) is 0 Å². The average molecular weight is 255 g/mol. The summed E-state index contributed by atoms with van der Waals surface area (Å²) in [7, 11) is 0. The Morgan fingerprint density at radius 2 is 1.53 bits per heavy atom. The standard InChI is InChI=1S/C16H21N3/c1-10(2)12-5-7-13(8-6-12)16-18-14(11(3)4)9-15(17)19-16/h5-11H,1-4H3,(H2,17,18,19). The Labute approximate surface area is 114 Å². The second kappa shape index (κ2) is 5.39. The van der Waals surface area contributed by atoms with Crippen LogP contribution in [0, 0.1) is 0 Å². The summed E-state index contributed by atoms with van der Waals surface area (Å²) in [5.41, 5.74) is 9.17. The normalized spacial score (nSPS) is 11.3. The predicted molar refractivity (Wildman–Crippen MR) is 80.1 cm³/mol. The second-order valence-electron chi connectivity index (χ2n) is 5.47. The van der Waals surface area contributed by atoms with Crippen molar-refractivity contribution in [2.24, 2.45) is 0 Å². The first-order chi connectivity index (χ1) is 8.97. The monoisotopic (exact) mass is 255 g/mol. The van der Waals surface area contributed by atoms with Crippen LogP contribution in [0.1, 0.15) is 50.8 Å². The van der Waals surface area contributed by atoms with Crippen LogP contribution in [0.5, 0.6) is 0 Å². The summed E-state index contributed by atoms with van der Waals surface area (Å²) in [5, 5.41) is 0. The average Bonchev–Trinajstić information content (AvgIpc) is 2.38. The van der Waals surface area contributed by atoms with Gasteiger partial charge in [0.1, 0.15) is 5.82 Å². The van der Waals surface area contributed by atoms with Gasteiger partial charge >= 0.3 is 0 Å². The summed E-state index contributed by atoms with van der Waals surface area (Å²) in [6.45, 7) is 8.58. The third-order valence-corrected chi connectivity index (χ3v) is 3.19. The number of benzene rings is 1. The number of nitrogens with two attached hydrogens (primary N) is 1. The number of rotatable bonds is 3. The molecule has 0 spiro atoms. The Bertz CT molecular complexity index is 557. The maximum absolute atomic E-state index is 5.86. The van der Waals surface area contributed by atoms with Crippen LogP contribution >= 0.6 is 0 Å². The van der Waals surface area contributed by atoms with Crippen molar-refractivity contribution in [2.45, 2.75) is 39.5 Å². The van der Waals surface area contributed by atoms with Gasteiger partial charge in [0.25, 0.3) is 0 Å². The van der Waals surface area contributed by atoms with Crippen molar-refractivity contribution in [2.75, 3.05) is 5.73 Å². The van der Waals surface area contributed by atoms with E-state index >= 15 is 0 Å². The van der Waals surface area contributed by atoms with Crippen molar-refractivity contribution >= 4 is 5.82 Å². The molecular formula is C16H21N3. The highest BCUT2D eigenvalue weighted by molar-refractivity contribution is 5.57. The van der Waals surface area contributed by atoms with Gasteiger partial charge in [0.15, 0.2) is 5.82 Å². The summed E-state index contributed by atoms with van der Waals surface area (Å²) in [4.78, 5) is 8.91. The number of anilines is 1. The van der Waals surface area contributed by atoms with Crippen LogP contribution in [0.15, 0.2) is 30.3 Å². The predicted octanol–water partition coefficient (Wildman–Crippen LogP) is 3.97. The van der Waals surface area contributed by atoms with E-state index in [4.69, 9.17) is 5.73 Å². The zero-order chi connectivity index (χ0) is 14.0. The summed E-state index contributed by atoms with van der Waals surface area (Å²) >= 11 is 0. The molecule has 2 N–H and O–H groups in total. The van der Waals surface area contributed by atoms with E-state index < -0.39 is 0 Å². The maximum atomic E-state index is 5.86. The third kappa shape index (κ3) is 3.11. The van der Waals surface area contributed by atoms with Crippen LogP contribution in [0.25, 0.3) is 11.4 Å². The van der Waals surface area contributed by atoms with Gasteiger partial charge in [-0.2, -0.15) is 0 Å². The number of hydrogen-bond acceptors (Lipinski definition) is 3. The van der Waals surface area contributed by atoms with Crippen molar-refractivity contribution in [1.29, 1.82) is 0 Å². The summed E-state index contributed by atoms with van der Waals surface area (Å²) < 4.78 is 0. The topological polar surface area (TPSA) is 51.8 Å². The molecule has 0 aliphatic rings. The van der Waals surface area contributed by atoms with Crippen LogP contribution in [-0.4, -0.2) is 9.97 Å². The fraction of sp³-hybridized carbons (Fsp3) is 0.375. The lowest BCUT2D eigenvalue weighted by molar-refractivity contribution is 0.818. The molecule has 3 nitrogen and oxygen atoms in total. The van der Waals surface area contributed by atoms with Gasteiger partial charge in [-0.25, -0.2) is 9.97 Å². The molecule has 1 heterocycles. The largest absolute Gasteiger partial charge is 0.384 e. The van der Waals surface area contributed by atoms with Crippen LogP contribution in [-0.2, 0) is 0 Å². The Balaban J connectivity index is 2.41. The van der Waals surface area contributed by atoms with Crippen LogP contribution < -0.4 is 5.73 Å². The molecule has 0 saturated carbocycles. The van der Waals surface area contributed by atoms with Crippen molar-refractivity contribution < 1.29 is 0 Å². The lowest BCUT2D eigenvalue weighted by Crippen LogP contribution is -2.01. The van der Waals surface area contributed by atoms with Crippen molar-refractivity contribution in [1.82, 2.24) is 9.97 Å². The Kier molecular flexibility index (Phi) is 3.84. The van der Waals surface area contributed by atoms with E-state index in [-0.39, 0.29) is 0 Å². The van der Waals surface area contributed by atoms with Crippen LogP contribution in [0.3, 0.4) is 0 Å². The van der Waals surface area contributed by atoms with Crippen molar-refractivity contribution in [3.63, 3.8) is 0 Å². The van der Waals surface area contributed by atoms with Crippen molar-refractivity contribution in [3.8, 4) is 11.4 Å². The van der Waals surface area contributed by atoms with Crippen LogP contribution in [0.2, 0.25) is 0 Å². The lowest BCUT2D eigenvalue weighted by atomic mass is 10.0. The lowest BCUT2D eigenvalue weighted by Gasteiger charge is -2.09. The molecule has 0 aliphatic carbocycles. The number of nitrogens with zero attached hydrogens (tertiary/aromatic N) is 2. The fourth-order valence-electron chi connectivity index (χ4n) is 1.93. The quantitative estimate of drug-likeness (QED) is 0.902. The van der Waals surface area contributed by atoms with E-state index in [2.05, 4.69) is 61.9 Å². The Morgan fingerprint density at radius 3 is 2.05 bits per heavy atom. The molecule has 3 heteroatoms. The molecule has 2 aromatic rings. The number of nitrogen functional groups attached to an aromatic ring is 1. The van der Waals surface area contributed by atoms with Gasteiger partial charge < -0.3 is 5.73 Å². The SMILES string of the molecule is CC(C)c1ccc(-c2nc(N)cc(C(C)C)n2)cc1. The van der Waals surface area contributed by atoms with E-state index in [9.17, 15) is 0 Å². The van der Waals surface area contributed by atoms with E-state index in [1.54, 1.807) is 0 Å². The molecule has 0 radical (unpaired) electrons. The first kappa shape index (κ1) is 13.5. The van der Waals surface area contributed by atoms with E-state index in [0.29, 0.717) is 23.5 Å². The fourth-order valence-corrected chi connectivity index (χ4v) is 1.93. The maximum Gasteiger partial charge on any atom is 0.161 e. The van der Waals surface area contributed by atoms with E-state index in [1.807, 2.05) is 6.07 Å². The zero-order valence-corrected chi connectivity index (χ0v) is 12.0. The first-order valence-electron chi connectivity index (χ1n) is 6.72. The van der Waals surface area contributed by atoms with Gasteiger partial charge in [0.2, 0.25) is 0 Å². The molecule has 1 aromatic carbocycles. The highest BCUT2D eigenvalue weighted by atomic mass is 14.9. The molecule has 0 unspecified atom stereocenters. The molecule has 0 fully saturated rings. The van der Waals surface area contributed by atoms with Gasteiger partial charge in [0.05, 0.1) is 0 Å². The summed E-state index contributed by atoms with van der Waals surface area (Å²) in [5.74, 6) is 2.11. The molecule has 0 amide bonds. The number of aromatic nitrogens is 2. The molecule has 0 bridgehead atoms. The smallest absolute Gasteiger partial charge is 0.161 e. The Morgan fingerprint density at radius 1 is 0.895 bits per heavy atom. The molecule has 2 rings (SSSR count). The third-order valence-electron chi connectivity index (χ3n) is 3.19. The highest BCUT2D eigenvalue weighted by Gasteiger charge is 2.08. The van der Waals surface area contributed by atoms with Gasteiger partial charge in [-0.05, 0) is 17.4 Å². The minimum Gasteiger partial charge on any atom is -0.384 e. The second-order valence-corrected chi connectivity index (χ2v) is 5.47. The van der Waals surface area contributed by atoms with Crippen LogP contribution in [0.4, 0.5) is 5.82 Å². The minimum absolute atomic E-state index is 0.346. The van der Waals surface area contributed by atoms with E-state index in [1.165, 1.54) is 5.56 Å². The van der Waals surface area contributed by atoms with Gasteiger partial charge in [0, 0.05) is 17.3 Å². The van der Waals surface area contributed by atoms with Gasteiger partial charge in [-0.3, -0.25) is 0 Å². The highest BCUT2D eigenvalue weighted by Crippen LogP contribution is 2.23. The van der Waals surface area contributed by atoms with Crippen molar-refractivity contribution in [3.05, 3.63) is 41.6 Å². The minimum atomic E-state index is 0.346.